The molecule has 106 valence electrons. The molecule has 0 aliphatic heterocycles. The van der Waals surface area contributed by atoms with E-state index in [0.717, 1.165) is 5.57 Å². The highest BCUT2D eigenvalue weighted by Crippen LogP contribution is 2.28. The molecule has 0 bridgehead atoms. The number of sulfonamides is 1. The number of rotatable bonds is 5. The number of aryl methyl sites for hydroxylation is 1. The number of halogens is 1. The number of nitrogens with zero attached hydrogens (tertiary/aromatic N) is 1. The van der Waals surface area contributed by atoms with Crippen LogP contribution < -0.4 is 5.73 Å². The number of likely N-dealkylation sites (N-methyl/N-ethyl adjacent to an activating group) is 1. The van der Waals surface area contributed by atoms with Crippen molar-refractivity contribution in [3.63, 3.8) is 0 Å². The number of nitrogen functional groups attached to an aromatic ring is 1. The van der Waals surface area contributed by atoms with Crippen LogP contribution in [0.3, 0.4) is 0 Å². The molecule has 1 aromatic carbocycles. The summed E-state index contributed by atoms with van der Waals surface area (Å²) in [5.74, 6) is 0. The van der Waals surface area contributed by atoms with Crippen molar-refractivity contribution in [2.45, 2.75) is 25.7 Å². The van der Waals surface area contributed by atoms with Gasteiger partial charge in [0.2, 0.25) is 10.0 Å². The summed E-state index contributed by atoms with van der Waals surface area (Å²) in [7, 11) is -3.54. The molecule has 0 unspecified atom stereocenters. The molecule has 0 radical (unpaired) electrons. The van der Waals surface area contributed by atoms with Crippen LogP contribution in [0.4, 0.5) is 5.69 Å². The highest BCUT2D eigenvalue weighted by atomic mass is 79.9. The number of hydrogen-bond acceptors (Lipinski definition) is 3. The zero-order valence-corrected chi connectivity index (χ0v) is 13.8. The van der Waals surface area contributed by atoms with E-state index < -0.39 is 10.0 Å². The molecular formula is C13H19BrN2O2S. The smallest absolute Gasteiger partial charge is 0.243 e. The minimum atomic E-state index is -3.54. The molecule has 19 heavy (non-hydrogen) atoms. The third-order valence-electron chi connectivity index (χ3n) is 2.71. The second-order valence-electron chi connectivity index (χ2n) is 4.53. The number of anilines is 1. The van der Waals surface area contributed by atoms with Crippen LogP contribution >= 0.6 is 15.9 Å². The second kappa shape index (κ2) is 6.07. The number of benzene rings is 1. The van der Waals surface area contributed by atoms with Gasteiger partial charge in [-0.25, -0.2) is 8.42 Å². The summed E-state index contributed by atoms with van der Waals surface area (Å²) in [4.78, 5) is 0.247. The van der Waals surface area contributed by atoms with Crippen LogP contribution in [0.1, 0.15) is 19.4 Å². The Kier molecular flexibility index (Phi) is 5.18. The molecule has 0 amide bonds. The van der Waals surface area contributed by atoms with Crippen LogP contribution in [0.2, 0.25) is 0 Å². The highest BCUT2D eigenvalue weighted by molar-refractivity contribution is 9.10. The van der Waals surface area contributed by atoms with Gasteiger partial charge in [0.15, 0.2) is 0 Å². The summed E-state index contributed by atoms with van der Waals surface area (Å²) in [6, 6.07) is 3.21. The average molecular weight is 347 g/mol. The molecule has 1 rings (SSSR count). The van der Waals surface area contributed by atoms with E-state index in [1.54, 1.807) is 26.8 Å². The molecule has 1 aromatic rings. The topological polar surface area (TPSA) is 63.4 Å². The van der Waals surface area contributed by atoms with Gasteiger partial charge in [-0.1, -0.05) is 19.1 Å². The standard InChI is InChI=1S/C13H19BrN2O2S/c1-5-16(8-9(2)3)19(17,18)13-7-12(15)11(14)6-10(13)4/h6-7H,2,5,8,15H2,1,3-4H3. The van der Waals surface area contributed by atoms with Crippen LogP contribution in [-0.4, -0.2) is 25.8 Å². The maximum Gasteiger partial charge on any atom is 0.243 e. The van der Waals surface area contributed by atoms with Gasteiger partial charge in [0.05, 0.1) is 4.90 Å². The Morgan fingerprint density at radius 2 is 2.05 bits per heavy atom. The van der Waals surface area contributed by atoms with Gasteiger partial charge in [-0.3, -0.25) is 0 Å². The van der Waals surface area contributed by atoms with Gasteiger partial charge < -0.3 is 5.73 Å². The van der Waals surface area contributed by atoms with E-state index >= 15 is 0 Å². The maximum absolute atomic E-state index is 12.6. The Labute approximate surface area is 123 Å². The van der Waals surface area contributed by atoms with Crippen molar-refractivity contribution in [3.8, 4) is 0 Å². The van der Waals surface area contributed by atoms with Crippen LogP contribution in [-0.2, 0) is 10.0 Å². The SMILES string of the molecule is C=C(C)CN(CC)S(=O)(=O)c1cc(N)c(Br)cc1C. The lowest BCUT2D eigenvalue weighted by molar-refractivity contribution is 0.452. The Morgan fingerprint density at radius 3 is 2.53 bits per heavy atom. The van der Waals surface area contributed by atoms with Gasteiger partial charge in [0, 0.05) is 23.2 Å². The third-order valence-corrected chi connectivity index (χ3v) is 5.46. The maximum atomic E-state index is 12.6. The summed E-state index contributed by atoms with van der Waals surface area (Å²) in [5, 5.41) is 0. The predicted molar refractivity (Wildman–Crippen MR) is 82.5 cm³/mol. The fourth-order valence-electron chi connectivity index (χ4n) is 1.75. The molecule has 0 aromatic heterocycles. The van der Waals surface area contributed by atoms with Gasteiger partial charge in [-0.2, -0.15) is 4.31 Å². The molecular weight excluding hydrogens is 328 g/mol. The van der Waals surface area contributed by atoms with Gasteiger partial charge in [-0.05, 0) is 47.5 Å². The minimum Gasteiger partial charge on any atom is -0.398 e. The van der Waals surface area contributed by atoms with E-state index in [-0.39, 0.29) is 4.90 Å². The lowest BCUT2D eigenvalue weighted by Gasteiger charge is -2.22. The van der Waals surface area contributed by atoms with Crippen molar-refractivity contribution in [3.05, 3.63) is 34.3 Å². The molecule has 0 saturated heterocycles. The summed E-state index contributed by atoms with van der Waals surface area (Å²) < 4.78 is 27.3. The predicted octanol–water partition coefficient (Wildman–Crippen LogP) is 2.93. The van der Waals surface area contributed by atoms with E-state index in [1.165, 1.54) is 10.4 Å². The summed E-state index contributed by atoms with van der Waals surface area (Å²) in [5.41, 5.74) is 7.66. The Balaban J connectivity index is 3.33. The summed E-state index contributed by atoms with van der Waals surface area (Å²) in [6.07, 6.45) is 0. The first kappa shape index (κ1) is 16.2. The third kappa shape index (κ3) is 3.58. The first-order valence-corrected chi connectivity index (χ1v) is 8.13. The van der Waals surface area contributed by atoms with Crippen molar-refractivity contribution >= 4 is 31.6 Å². The van der Waals surface area contributed by atoms with Crippen molar-refractivity contribution < 1.29 is 8.42 Å². The molecule has 0 spiro atoms. The molecule has 0 aliphatic carbocycles. The summed E-state index contributed by atoms with van der Waals surface area (Å²) in [6.45, 7) is 9.84. The number of hydrogen-bond donors (Lipinski definition) is 1. The normalized spacial score (nSPS) is 11.8. The van der Waals surface area contributed by atoms with Crippen molar-refractivity contribution in [1.29, 1.82) is 0 Å². The molecule has 0 aliphatic rings. The van der Waals surface area contributed by atoms with Crippen LogP contribution in [0.5, 0.6) is 0 Å². The van der Waals surface area contributed by atoms with E-state index in [0.29, 0.717) is 28.8 Å². The first-order chi connectivity index (χ1) is 8.70. The molecule has 2 N–H and O–H groups in total. The minimum absolute atomic E-state index is 0.247. The lowest BCUT2D eigenvalue weighted by atomic mass is 10.2. The van der Waals surface area contributed by atoms with E-state index in [9.17, 15) is 8.42 Å². The fraction of sp³-hybridized carbons (Fsp3) is 0.385. The lowest BCUT2D eigenvalue weighted by Crippen LogP contribution is -2.32. The van der Waals surface area contributed by atoms with Gasteiger partial charge in [0.1, 0.15) is 0 Å². The van der Waals surface area contributed by atoms with E-state index in [1.807, 2.05) is 0 Å². The number of nitrogens with two attached hydrogens (primary N) is 1. The highest BCUT2D eigenvalue weighted by Gasteiger charge is 2.25. The Hall–Kier alpha value is -0.850. The van der Waals surface area contributed by atoms with Crippen LogP contribution in [0.25, 0.3) is 0 Å². The largest absolute Gasteiger partial charge is 0.398 e. The van der Waals surface area contributed by atoms with Crippen molar-refractivity contribution in [1.82, 2.24) is 4.31 Å². The van der Waals surface area contributed by atoms with Crippen molar-refractivity contribution in [2.75, 3.05) is 18.8 Å². The average Bonchev–Trinajstić information content (AvgIpc) is 2.30. The van der Waals surface area contributed by atoms with E-state index in [4.69, 9.17) is 5.73 Å². The molecule has 0 saturated carbocycles. The van der Waals surface area contributed by atoms with E-state index in [2.05, 4.69) is 22.5 Å². The first-order valence-electron chi connectivity index (χ1n) is 5.90. The molecule has 0 heterocycles. The summed E-state index contributed by atoms with van der Waals surface area (Å²) >= 11 is 3.29. The van der Waals surface area contributed by atoms with Gasteiger partial charge >= 0.3 is 0 Å². The Morgan fingerprint density at radius 1 is 1.47 bits per heavy atom. The quantitative estimate of drug-likeness (QED) is 0.658. The monoisotopic (exact) mass is 346 g/mol. The fourth-order valence-corrected chi connectivity index (χ4v) is 3.96. The zero-order valence-electron chi connectivity index (χ0n) is 11.4. The van der Waals surface area contributed by atoms with Crippen LogP contribution in [0.15, 0.2) is 33.7 Å². The van der Waals surface area contributed by atoms with Gasteiger partial charge in [0.25, 0.3) is 0 Å². The Bertz CT molecular complexity index is 597. The molecule has 4 nitrogen and oxygen atoms in total. The zero-order chi connectivity index (χ0) is 14.8. The molecule has 6 heteroatoms. The van der Waals surface area contributed by atoms with Gasteiger partial charge in [-0.15, -0.1) is 0 Å². The molecule has 0 fully saturated rings. The molecule has 0 atom stereocenters. The second-order valence-corrected chi connectivity index (χ2v) is 7.29. The van der Waals surface area contributed by atoms with Crippen molar-refractivity contribution in [2.24, 2.45) is 0 Å². The van der Waals surface area contributed by atoms with Crippen LogP contribution in [0, 0.1) is 6.92 Å².